The highest BCUT2D eigenvalue weighted by Gasteiger charge is 2.34. The average Bonchev–Trinajstić information content (AvgIpc) is 2.40. The Kier molecular flexibility index (Phi) is 4.99. The van der Waals surface area contributed by atoms with Crippen LogP contribution in [0.5, 0.6) is 0 Å². The van der Waals surface area contributed by atoms with Crippen molar-refractivity contribution in [3.8, 4) is 0 Å². The Balaban J connectivity index is 2.16. The van der Waals surface area contributed by atoms with Crippen LogP contribution in [0.25, 0.3) is 0 Å². The molecule has 1 aliphatic rings. The Morgan fingerprint density at radius 3 is 2.45 bits per heavy atom. The van der Waals surface area contributed by atoms with E-state index in [0.717, 1.165) is 18.9 Å². The summed E-state index contributed by atoms with van der Waals surface area (Å²) in [5.74, 6) is 0.466. The van der Waals surface area contributed by atoms with Gasteiger partial charge < -0.3 is 5.32 Å². The molecule has 0 saturated heterocycles. The van der Waals surface area contributed by atoms with E-state index in [1.54, 1.807) is 6.07 Å². The van der Waals surface area contributed by atoms with E-state index in [1.165, 1.54) is 25.3 Å². The van der Waals surface area contributed by atoms with Gasteiger partial charge in [-0.2, -0.15) is 13.2 Å². The molecule has 112 valence electrons. The van der Waals surface area contributed by atoms with E-state index in [-0.39, 0.29) is 11.7 Å². The molecule has 1 fully saturated rings. The molecule has 0 aromatic heterocycles. The number of anilines is 1. The Hall–Kier alpha value is -0.710. The van der Waals surface area contributed by atoms with E-state index in [9.17, 15) is 13.2 Å². The third-order valence-electron chi connectivity index (χ3n) is 4.03. The monoisotopic (exact) mass is 349 g/mol. The van der Waals surface area contributed by atoms with Gasteiger partial charge in [-0.05, 0) is 43.9 Å². The van der Waals surface area contributed by atoms with E-state index in [4.69, 9.17) is 0 Å². The second kappa shape index (κ2) is 6.37. The van der Waals surface area contributed by atoms with Crippen LogP contribution in [0.3, 0.4) is 0 Å². The third kappa shape index (κ3) is 3.90. The van der Waals surface area contributed by atoms with Crippen molar-refractivity contribution in [2.45, 2.75) is 51.2 Å². The van der Waals surface area contributed by atoms with Gasteiger partial charge in [-0.15, -0.1) is 0 Å². The molecule has 0 amide bonds. The first kappa shape index (κ1) is 15.7. The predicted molar refractivity (Wildman–Crippen MR) is 78.8 cm³/mol. The van der Waals surface area contributed by atoms with E-state index in [1.807, 2.05) is 6.92 Å². The van der Waals surface area contributed by atoms with E-state index < -0.39 is 11.7 Å². The van der Waals surface area contributed by atoms with Gasteiger partial charge in [0.2, 0.25) is 0 Å². The highest BCUT2D eigenvalue weighted by molar-refractivity contribution is 9.10. The molecule has 1 aromatic rings. The third-order valence-corrected chi connectivity index (χ3v) is 4.52. The topological polar surface area (TPSA) is 12.0 Å². The Morgan fingerprint density at radius 2 is 1.85 bits per heavy atom. The largest absolute Gasteiger partial charge is 0.418 e. The summed E-state index contributed by atoms with van der Waals surface area (Å²) in [5.41, 5.74) is -0.423. The van der Waals surface area contributed by atoms with E-state index in [0.29, 0.717) is 10.4 Å². The lowest BCUT2D eigenvalue weighted by Crippen LogP contribution is -2.28. The number of halogens is 4. The molecule has 5 heteroatoms. The van der Waals surface area contributed by atoms with Gasteiger partial charge in [-0.3, -0.25) is 0 Å². The van der Waals surface area contributed by atoms with Crippen LogP contribution in [-0.4, -0.2) is 6.04 Å². The molecule has 1 aromatic carbocycles. The Bertz CT molecular complexity index is 453. The zero-order valence-electron chi connectivity index (χ0n) is 11.4. The van der Waals surface area contributed by atoms with Crippen LogP contribution in [0.2, 0.25) is 0 Å². The fraction of sp³-hybridized carbons (Fsp3) is 0.600. The van der Waals surface area contributed by atoms with Gasteiger partial charge in [0.1, 0.15) is 0 Å². The molecule has 0 heterocycles. The number of nitrogens with one attached hydrogen (secondary N) is 1. The predicted octanol–water partition coefficient (Wildman–Crippen LogP) is 5.85. The van der Waals surface area contributed by atoms with Gasteiger partial charge in [-0.1, -0.05) is 35.2 Å². The van der Waals surface area contributed by atoms with Crippen molar-refractivity contribution < 1.29 is 13.2 Å². The molecular weight excluding hydrogens is 331 g/mol. The Labute approximate surface area is 126 Å². The zero-order valence-corrected chi connectivity index (χ0v) is 13.0. The first-order valence-corrected chi connectivity index (χ1v) is 7.80. The number of alkyl halides is 3. The number of benzene rings is 1. The molecule has 20 heavy (non-hydrogen) atoms. The van der Waals surface area contributed by atoms with Gasteiger partial charge in [0.05, 0.1) is 5.56 Å². The molecule has 0 bridgehead atoms. The highest BCUT2D eigenvalue weighted by atomic mass is 79.9. The van der Waals surface area contributed by atoms with Crippen molar-refractivity contribution >= 4 is 21.6 Å². The standard InChI is InChI=1S/C15H19BrF3N/c1-10(11-5-3-2-4-6-11)20-14-8-7-12(16)9-13(14)15(17,18)19/h7-11,20H,2-6H2,1H3. The summed E-state index contributed by atoms with van der Waals surface area (Å²) < 4.78 is 39.6. The first-order chi connectivity index (χ1) is 9.38. The van der Waals surface area contributed by atoms with E-state index >= 15 is 0 Å². The molecule has 1 nitrogen and oxygen atoms in total. The molecule has 1 unspecified atom stereocenters. The molecule has 2 rings (SSSR count). The average molecular weight is 350 g/mol. The maximum Gasteiger partial charge on any atom is 0.418 e. The number of hydrogen-bond acceptors (Lipinski definition) is 1. The van der Waals surface area contributed by atoms with Gasteiger partial charge in [-0.25, -0.2) is 0 Å². The van der Waals surface area contributed by atoms with Crippen molar-refractivity contribution in [3.63, 3.8) is 0 Å². The van der Waals surface area contributed by atoms with Crippen molar-refractivity contribution in [3.05, 3.63) is 28.2 Å². The van der Waals surface area contributed by atoms with Crippen LogP contribution in [0.1, 0.15) is 44.6 Å². The quantitative estimate of drug-likeness (QED) is 0.721. The molecule has 0 aliphatic heterocycles. The van der Waals surface area contributed by atoms with Crippen molar-refractivity contribution in [1.29, 1.82) is 0 Å². The minimum atomic E-state index is -4.33. The molecule has 1 atom stereocenters. The summed E-state index contributed by atoms with van der Waals surface area (Å²) in [7, 11) is 0. The Morgan fingerprint density at radius 1 is 1.20 bits per heavy atom. The summed E-state index contributed by atoms with van der Waals surface area (Å²) >= 11 is 3.10. The fourth-order valence-corrected chi connectivity index (χ4v) is 3.24. The van der Waals surface area contributed by atoms with Gasteiger partial charge >= 0.3 is 6.18 Å². The van der Waals surface area contributed by atoms with E-state index in [2.05, 4.69) is 21.2 Å². The van der Waals surface area contributed by atoms with Crippen LogP contribution in [-0.2, 0) is 6.18 Å². The van der Waals surface area contributed by atoms with Crippen LogP contribution in [0, 0.1) is 5.92 Å². The molecule has 0 spiro atoms. The minimum Gasteiger partial charge on any atom is -0.382 e. The molecule has 1 aliphatic carbocycles. The maximum absolute atomic E-state index is 13.1. The highest BCUT2D eigenvalue weighted by Crippen LogP contribution is 2.38. The van der Waals surface area contributed by atoms with Crippen molar-refractivity contribution in [1.82, 2.24) is 0 Å². The normalized spacial score (nSPS) is 18.9. The van der Waals surface area contributed by atoms with Gasteiger partial charge in [0.15, 0.2) is 0 Å². The van der Waals surface area contributed by atoms with Crippen molar-refractivity contribution in [2.75, 3.05) is 5.32 Å². The summed E-state index contributed by atoms with van der Waals surface area (Å²) in [5, 5.41) is 3.07. The summed E-state index contributed by atoms with van der Waals surface area (Å²) in [6.07, 6.45) is 1.48. The summed E-state index contributed by atoms with van der Waals surface area (Å²) in [4.78, 5) is 0. The first-order valence-electron chi connectivity index (χ1n) is 7.01. The lowest BCUT2D eigenvalue weighted by Gasteiger charge is -2.30. The van der Waals surface area contributed by atoms with Crippen LogP contribution in [0.15, 0.2) is 22.7 Å². The second-order valence-electron chi connectivity index (χ2n) is 5.52. The second-order valence-corrected chi connectivity index (χ2v) is 6.43. The smallest absolute Gasteiger partial charge is 0.382 e. The fourth-order valence-electron chi connectivity index (χ4n) is 2.87. The maximum atomic E-state index is 13.1. The van der Waals surface area contributed by atoms with Gasteiger partial charge in [0, 0.05) is 16.2 Å². The minimum absolute atomic E-state index is 0.0672. The number of rotatable bonds is 3. The summed E-state index contributed by atoms with van der Waals surface area (Å²) in [6.45, 7) is 1.98. The summed E-state index contributed by atoms with van der Waals surface area (Å²) in [6, 6.07) is 4.35. The number of hydrogen-bond donors (Lipinski definition) is 1. The molecular formula is C15H19BrF3N. The van der Waals surface area contributed by atoms with Gasteiger partial charge in [0.25, 0.3) is 0 Å². The van der Waals surface area contributed by atoms with Crippen LogP contribution in [0.4, 0.5) is 18.9 Å². The van der Waals surface area contributed by atoms with Crippen molar-refractivity contribution in [2.24, 2.45) is 5.92 Å². The molecule has 1 saturated carbocycles. The van der Waals surface area contributed by atoms with Crippen LogP contribution >= 0.6 is 15.9 Å². The molecule has 0 radical (unpaired) electrons. The SMILES string of the molecule is CC(Nc1ccc(Br)cc1C(F)(F)F)C1CCCCC1. The molecule has 1 N–H and O–H groups in total. The van der Waals surface area contributed by atoms with Crippen LogP contribution < -0.4 is 5.32 Å². The lowest BCUT2D eigenvalue weighted by molar-refractivity contribution is -0.137. The lowest BCUT2D eigenvalue weighted by atomic mass is 9.84. The zero-order chi connectivity index (χ0) is 14.8.